The molecule has 2 aromatic rings. The molecule has 0 bridgehead atoms. The highest BCUT2D eigenvalue weighted by atomic mass is 35.5. The molecule has 0 saturated carbocycles. The second-order valence-corrected chi connectivity index (χ2v) is 7.25. The molecule has 5 nitrogen and oxygen atoms in total. The highest BCUT2D eigenvalue weighted by molar-refractivity contribution is 6.33. The second-order valence-electron chi connectivity index (χ2n) is 6.84. The Morgan fingerprint density at radius 3 is 2.70 bits per heavy atom. The van der Waals surface area contributed by atoms with Crippen LogP contribution in [0.25, 0.3) is 0 Å². The van der Waals surface area contributed by atoms with Crippen LogP contribution in [0.3, 0.4) is 0 Å². The first-order chi connectivity index (χ1) is 13.9. The smallest absolute Gasteiger partial charge is 0.417 e. The van der Waals surface area contributed by atoms with Gasteiger partial charge in [-0.2, -0.15) is 13.2 Å². The number of pyridine rings is 1. The lowest BCUT2D eigenvalue weighted by Gasteiger charge is -2.33. The van der Waals surface area contributed by atoms with Crippen LogP contribution in [0.15, 0.2) is 35.5 Å². The number of ether oxygens (including phenoxy) is 1. The van der Waals surface area contributed by atoms with E-state index in [4.69, 9.17) is 22.1 Å². The van der Waals surface area contributed by atoms with Gasteiger partial charge in [0.15, 0.2) is 12.0 Å². The highest BCUT2D eigenvalue weighted by Crippen LogP contribution is 2.36. The third kappa shape index (κ3) is 4.23. The number of nitrogens with zero attached hydrogens (tertiary/aromatic N) is 2. The van der Waals surface area contributed by atoms with Crippen molar-refractivity contribution in [2.75, 3.05) is 6.61 Å². The molecule has 160 valence electrons. The number of hydrogen-bond acceptors (Lipinski definition) is 5. The normalized spacial score (nSPS) is 21.7. The number of halogens is 6. The number of rotatable bonds is 4. The molecule has 1 aliphatic rings. The lowest BCUT2D eigenvalue weighted by atomic mass is 9.85. The number of carbonyl (C=O) groups is 1. The number of aliphatic imine (C=N–C) groups is 1. The van der Waals surface area contributed by atoms with Crippen LogP contribution in [0.4, 0.5) is 22.0 Å². The first kappa shape index (κ1) is 21.9. The van der Waals surface area contributed by atoms with Gasteiger partial charge in [-0.3, -0.25) is 9.78 Å². The summed E-state index contributed by atoms with van der Waals surface area (Å²) in [4.78, 5) is 19.9. The largest absolute Gasteiger partial charge is 0.462 e. The van der Waals surface area contributed by atoms with Crippen molar-refractivity contribution < 1.29 is 31.5 Å². The summed E-state index contributed by atoms with van der Waals surface area (Å²) in [6.45, 7) is 0.921. The maximum absolute atomic E-state index is 14.5. The summed E-state index contributed by atoms with van der Waals surface area (Å²) < 4.78 is 71.9. The number of Topliss-reactive ketones (excluding diaryl/α,β-unsaturated/α-hetero) is 1. The van der Waals surface area contributed by atoms with Gasteiger partial charge in [-0.1, -0.05) is 17.7 Å². The summed E-state index contributed by atoms with van der Waals surface area (Å²) in [6.07, 6.45) is -6.21. The number of hydrogen-bond donors (Lipinski definition) is 1. The summed E-state index contributed by atoms with van der Waals surface area (Å²) in [5, 5.41) is -0.463. The Balaban J connectivity index is 1.91. The lowest BCUT2D eigenvalue weighted by Crippen LogP contribution is -2.43. The fourth-order valence-corrected chi connectivity index (χ4v) is 3.29. The summed E-state index contributed by atoms with van der Waals surface area (Å²) >= 11 is 5.79. The van der Waals surface area contributed by atoms with E-state index in [9.17, 15) is 26.7 Å². The quantitative estimate of drug-likeness (QED) is 0.562. The average Bonchev–Trinajstić information content (AvgIpc) is 2.65. The minimum absolute atomic E-state index is 0.141. The van der Waals surface area contributed by atoms with E-state index in [1.54, 1.807) is 0 Å². The number of aromatic nitrogens is 1. The summed E-state index contributed by atoms with van der Waals surface area (Å²) in [5.41, 5.74) is 2.50. The number of benzene rings is 1. The molecule has 0 fully saturated rings. The van der Waals surface area contributed by atoms with Crippen molar-refractivity contribution in [1.29, 1.82) is 0 Å². The van der Waals surface area contributed by atoms with E-state index in [2.05, 4.69) is 9.98 Å². The molecule has 11 heteroatoms. The standard InChI is InChI=1S/C19H15ClF5N3O2/c1-18(15(22)8-30-17(26)28-18)11-4-9(2-3-13(11)21)5-14(29)16-12(20)6-10(7-27-16)19(23,24)25/h2-4,6-7,15H,5,8H2,1H3,(H2,26,28)/t15-,18+/m0/s1. The molecule has 1 aromatic heterocycles. The van der Waals surface area contributed by atoms with Crippen molar-refractivity contribution in [1.82, 2.24) is 4.98 Å². The minimum atomic E-state index is -4.66. The SMILES string of the molecule is C[C@]1(c2cc(CC(=O)c3ncc(C(F)(F)F)cc3Cl)ccc2F)N=C(N)OC[C@@H]1F. The predicted molar refractivity (Wildman–Crippen MR) is 98.5 cm³/mol. The maximum atomic E-state index is 14.5. The van der Waals surface area contributed by atoms with Crippen LogP contribution in [0.2, 0.25) is 5.02 Å². The Hall–Kier alpha value is -2.75. The molecule has 2 heterocycles. The van der Waals surface area contributed by atoms with Crippen molar-refractivity contribution >= 4 is 23.4 Å². The molecule has 0 spiro atoms. The fraction of sp³-hybridized carbons (Fsp3) is 0.316. The Morgan fingerprint density at radius 1 is 1.37 bits per heavy atom. The Kier molecular flexibility index (Phi) is 5.72. The summed E-state index contributed by atoms with van der Waals surface area (Å²) in [7, 11) is 0. The summed E-state index contributed by atoms with van der Waals surface area (Å²) in [6, 6.07) is 3.89. The van der Waals surface area contributed by atoms with E-state index in [0.717, 1.165) is 6.07 Å². The molecule has 1 aromatic carbocycles. The molecular weight excluding hydrogens is 433 g/mol. The molecule has 2 N–H and O–H groups in total. The second kappa shape index (κ2) is 7.82. The van der Waals surface area contributed by atoms with E-state index in [1.807, 2.05) is 0 Å². The van der Waals surface area contributed by atoms with Crippen LogP contribution in [-0.2, 0) is 22.9 Å². The number of amidine groups is 1. The van der Waals surface area contributed by atoms with Gasteiger partial charge in [-0.15, -0.1) is 0 Å². The minimum Gasteiger partial charge on any atom is -0.462 e. The van der Waals surface area contributed by atoms with Gasteiger partial charge in [0.2, 0.25) is 0 Å². The first-order valence-corrected chi connectivity index (χ1v) is 8.96. The van der Waals surface area contributed by atoms with E-state index < -0.39 is 46.7 Å². The fourth-order valence-electron chi connectivity index (χ4n) is 3.02. The van der Waals surface area contributed by atoms with Crippen LogP contribution in [0.5, 0.6) is 0 Å². The van der Waals surface area contributed by atoms with E-state index in [1.165, 1.54) is 19.1 Å². The van der Waals surface area contributed by atoms with E-state index in [-0.39, 0.29) is 29.3 Å². The van der Waals surface area contributed by atoms with E-state index >= 15 is 0 Å². The van der Waals surface area contributed by atoms with Crippen LogP contribution in [0.1, 0.15) is 34.1 Å². The zero-order valence-corrected chi connectivity index (χ0v) is 16.2. The number of alkyl halides is 4. The molecule has 30 heavy (non-hydrogen) atoms. The van der Waals surface area contributed by atoms with Crippen LogP contribution in [-0.4, -0.2) is 29.6 Å². The average molecular weight is 448 g/mol. The van der Waals surface area contributed by atoms with Gasteiger partial charge in [-0.05, 0) is 30.7 Å². The molecule has 0 radical (unpaired) electrons. The van der Waals surface area contributed by atoms with Crippen LogP contribution >= 0.6 is 11.6 Å². The third-order valence-electron chi connectivity index (χ3n) is 4.70. The molecule has 0 saturated heterocycles. The Bertz CT molecular complexity index is 1030. The molecule has 0 aliphatic carbocycles. The first-order valence-electron chi connectivity index (χ1n) is 8.59. The summed E-state index contributed by atoms with van der Waals surface area (Å²) in [5.74, 6) is -1.45. The van der Waals surface area contributed by atoms with Crippen molar-refractivity contribution in [3.05, 3.63) is 63.7 Å². The highest BCUT2D eigenvalue weighted by Gasteiger charge is 2.42. The van der Waals surface area contributed by atoms with Crippen LogP contribution in [0, 0.1) is 5.82 Å². The Morgan fingerprint density at radius 2 is 2.07 bits per heavy atom. The van der Waals surface area contributed by atoms with Gasteiger partial charge in [0.1, 0.15) is 23.7 Å². The lowest BCUT2D eigenvalue weighted by molar-refractivity contribution is -0.137. The molecular formula is C19H15ClF5N3O2. The van der Waals surface area contributed by atoms with Crippen molar-refractivity contribution in [2.24, 2.45) is 10.7 Å². The van der Waals surface area contributed by atoms with Gasteiger partial charge in [0, 0.05) is 18.2 Å². The monoisotopic (exact) mass is 447 g/mol. The number of carbonyl (C=O) groups excluding carboxylic acids is 1. The van der Waals surface area contributed by atoms with Gasteiger partial charge in [0.05, 0.1) is 10.6 Å². The zero-order chi connectivity index (χ0) is 22.3. The number of ketones is 1. The molecule has 0 unspecified atom stereocenters. The topological polar surface area (TPSA) is 77.6 Å². The van der Waals surface area contributed by atoms with Crippen molar-refractivity contribution in [3.63, 3.8) is 0 Å². The number of nitrogens with two attached hydrogens (primary N) is 1. The Labute approximate surface area is 172 Å². The van der Waals surface area contributed by atoms with Gasteiger partial charge in [0.25, 0.3) is 6.02 Å². The third-order valence-corrected chi connectivity index (χ3v) is 4.99. The van der Waals surface area contributed by atoms with Crippen LogP contribution < -0.4 is 5.73 Å². The molecule has 2 atom stereocenters. The maximum Gasteiger partial charge on any atom is 0.417 e. The molecule has 3 rings (SSSR count). The molecule has 1 aliphatic heterocycles. The van der Waals surface area contributed by atoms with Gasteiger partial charge < -0.3 is 10.5 Å². The molecule has 0 amide bonds. The predicted octanol–water partition coefficient (Wildman–Crippen LogP) is 4.22. The van der Waals surface area contributed by atoms with Crippen molar-refractivity contribution in [3.8, 4) is 0 Å². The van der Waals surface area contributed by atoms with E-state index in [0.29, 0.717) is 12.3 Å². The van der Waals surface area contributed by atoms with Gasteiger partial charge in [-0.25, -0.2) is 13.8 Å². The zero-order valence-electron chi connectivity index (χ0n) is 15.4. The van der Waals surface area contributed by atoms with Crippen molar-refractivity contribution in [2.45, 2.75) is 31.2 Å². The van der Waals surface area contributed by atoms with Gasteiger partial charge >= 0.3 is 6.18 Å².